The lowest BCUT2D eigenvalue weighted by molar-refractivity contribution is 0.180. The van der Waals surface area contributed by atoms with Gasteiger partial charge in [-0.1, -0.05) is 18.2 Å². The van der Waals surface area contributed by atoms with Crippen molar-refractivity contribution >= 4 is 24.8 Å². The molecule has 1 atom stereocenters. The van der Waals surface area contributed by atoms with E-state index < -0.39 is 0 Å². The van der Waals surface area contributed by atoms with Crippen LogP contribution in [0.4, 0.5) is 0 Å². The van der Waals surface area contributed by atoms with Gasteiger partial charge in [-0.25, -0.2) is 0 Å². The van der Waals surface area contributed by atoms with Crippen LogP contribution in [0.1, 0.15) is 49.1 Å². The summed E-state index contributed by atoms with van der Waals surface area (Å²) in [5.74, 6) is 0.568. The SMILES string of the molecule is Cl.Cl.N#Cc1ccccc1[C@H]1CC[C@H](N2CC[C@@H](N)C2)CC1. The average molecular weight is 342 g/mol. The zero-order chi connectivity index (χ0) is 13.9. The summed E-state index contributed by atoms with van der Waals surface area (Å²) in [4.78, 5) is 2.58. The van der Waals surface area contributed by atoms with Crippen molar-refractivity contribution < 1.29 is 0 Å². The molecule has 122 valence electrons. The van der Waals surface area contributed by atoms with Crippen LogP contribution in [0.25, 0.3) is 0 Å². The monoisotopic (exact) mass is 341 g/mol. The summed E-state index contributed by atoms with van der Waals surface area (Å²) in [6.45, 7) is 2.25. The average Bonchev–Trinajstić information content (AvgIpc) is 2.94. The van der Waals surface area contributed by atoms with Gasteiger partial charge in [-0.3, -0.25) is 4.90 Å². The summed E-state index contributed by atoms with van der Waals surface area (Å²) in [5, 5.41) is 9.23. The fraction of sp³-hybridized carbons (Fsp3) is 0.588. The molecule has 0 aromatic heterocycles. The number of hydrogen-bond donors (Lipinski definition) is 1. The van der Waals surface area contributed by atoms with Crippen LogP contribution in [0.5, 0.6) is 0 Å². The van der Waals surface area contributed by atoms with Crippen LogP contribution in [0.2, 0.25) is 0 Å². The maximum atomic E-state index is 9.23. The third kappa shape index (κ3) is 4.14. The number of nitrogens with two attached hydrogens (primary N) is 1. The van der Waals surface area contributed by atoms with Crippen molar-refractivity contribution in [1.82, 2.24) is 4.90 Å². The zero-order valence-corrected chi connectivity index (χ0v) is 14.4. The highest BCUT2D eigenvalue weighted by molar-refractivity contribution is 5.85. The summed E-state index contributed by atoms with van der Waals surface area (Å²) in [6, 6.07) is 11.5. The molecule has 22 heavy (non-hydrogen) atoms. The van der Waals surface area contributed by atoms with Gasteiger partial charge in [-0.15, -0.1) is 24.8 Å². The van der Waals surface area contributed by atoms with Crippen molar-refractivity contribution in [2.75, 3.05) is 13.1 Å². The molecule has 1 aromatic rings. The van der Waals surface area contributed by atoms with E-state index in [9.17, 15) is 5.26 Å². The van der Waals surface area contributed by atoms with Crippen molar-refractivity contribution in [3.8, 4) is 6.07 Å². The molecular formula is C17H25Cl2N3. The van der Waals surface area contributed by atoms with Gasteiger partial charge in [-0.05, 0) is 49.7 Å². The first-order valence-electron chi connectivity index (χ1n) is 7.76. The third-order valence-electron chi connectivity index (χ3n) is 4.99. The van der Waals surface area contributed by atoms with E-state index in [0.29, 0.717) is 18.0 Å². The van der Waals surface area contributed by atoms with Gasteiger partial charge in [0.1, 0.15) is 0 Å². The van der Waals surface area contributed by atoms with Gasteiger partial charge in [0.15, 0.2) is 0 Å². The molecule has 2 aliphatic rings. The van der Waals surface area contributed by atoms with Crippen molar-refractivity contribution in [3.63, 3.8) is 0 Å². The summed E-state index contributed by atoms with van der Waals surface area (Å²) in [6.07, 6.45) is 6.05. The minimum Gasteiger partial charge on any atom is -0.326 e. The van der Waals surface area contributed by atoms with Crippen molar-refractivity contribution in [2.45, 2.75) is 50.1 Å². The second-order valence-corrected chi connectivity index (χ2v) is 6.25. The van der Waals surface area contributed by atoms with Gasteiger partial charge in [-0.2, -0.15) is 5.26 Å². The number of benzene rings is 1. The predicted molar refractivity (Wildman–Crippen MR) is 94.8 cm³/mol. The highest BCUT2D eigenvalue weighted by atomic mass is 35.5. The van der Waals surface area contributed by atoms with E-state index in [0.717, 1.165) is 18.5 Å². The molecule has 3 rings (SSSR count). The highest BCUT2D eigenvalue weighted by Gasteiger charge is 2.30. The molecule has 0 amide bonds. The summed E-state index contributed by atoms with van der Waals surface area (Å²) >= 11 is 0. The van der Waals surface area contributed by atoms with Crippen LogP contribution in [-0.4, -0.2) is 30.1 Å². The highest BCUT2D eigenvalue weighted by Crippen LogP contribution is 2.36. The third-order valence-corrected chi connectivity index (χ3v) is 4.99. The van der Waals surface area contributed by atoms with Gasteiger partial charge in [0, 0.05) is 25.2 Å². The van der Waals surface area contributed by atoms with E-state index in [1.54, 1.807) is 0 Å². The molecular weight excluding hydrogens is 317 g/mol. The van der Waals surface area contributed by atoms with Crippen LogP contribution < -0.4 is 5.73 Å². The van der Waals surface area contributed by atoms with Gasteiger partial charge >= 0.3 is 0 Å². The molecule has 1 aliphatic heterocycles. The van der Waals surface area contributed by atoms with E-state index >= 15 is 0 Å². The second kappa shape index (κ2) is 8.74. The first kappa shape index (κ1) is 19.3. The molecule has 3 nitrogen and oxygen atoms in total. The van der Waals surface area contributed by atoms with Crippen LogP contribution in [-0.2, 0) is 0 Å². The Balaban J connectivity index is 0.00000121. The van der Waals surface area contributed by atoms with Crippen molar-refractivity contribution in [1.29, 1.82) is 5.26 Å². The molecule has 5 heteroatoms. The Kier molecular flexibility index (Phi) is 7.65. The van der Waals surface area contributed by atoms with Gasteiger partial charge in [0.05, 0.1) is 11.6 Å². The topological polar surface area (TPSA) is 53.0 Å². The largest absolute Gasteiger partial charge is 0.326 e. The normalized spacial score (nSPS) is 28.3. The quantitative estimate of drug-likeness (QED) is 0.895. The number of likely N-dealkylation sites (tertiary alicyclic amines) is 1. The van der Waals surface area contributed by atoms with Gasteiger partial charge in [0.25, 0.3) is 0 Å². The lowest BCUT2D eigenvalue weighted by Gasteiger charge is -2.35. The van der Waals surface area contributed by atoms with E-state index in [2.05, 4.69) is 23.1 Å². The molecule has 0 spiro atoms. The van der Waals surface area contributed by atoms with Crippen LogP contribution >= 0.6 is 24.8 Å². The Morgan fingerprint density at radius 1 is 1.05 bits per heavy atom. The molecule has 1 aromatic carbocycles. The number of halogens is 2. The molecule has 1 saturated carbocycles. The lowest BCUT2D eigenvalue weighted by Crippen LogP contribution is -2.37. The number of nitriles is 1. The summed E-state index contributed by atoms with van der Waals surface area (Å²) in [5.41, 5.74) is 8.13. The Bertz CT molecular complexity index is 507. The molecule has 2 fully saturated rings. The van der Waals surface area contributed by atoms with Crippen molar-refractivity contribution in [3.05, 3.63) is 35.4 Å². The fourth-order valence-electron chi connectivity index (χ4n) is 3.85. The Hall–Kier alpha value is -0.790. The second-order valence-electron chi connectivity index (χ2n) is 6.25. The van der Waals surface area contributed by atoms with Crippen LogP contribution in [0, 0.1) is 11.3 Å². The van der Waals surface area contributed by atoms with Crippen LogP contribution in [0.3, 0.4) is 0 Å². The molecule has 2 N–H and O–H groups in total. The standard InChI is InChI=1S/C17H23N3.2ClH/c18-11-14-3-1-2-4-17(14)13-5-7-16(8-6-13)20-10-9-15(19)12-20;;/h1-4,13,15-16H,5-10,12,19H2;2*1H/t13-,15-,16-;;/m1../s1. The van der Waals surface area contributed by atoms with Gasteiger partial charge in [0.2, 0.25) is 0 Å². The summed E-state index contributed by atoms with van der Waals surface area (Å²) in [7, 11) is 0. The Morgan fingerprint density at radius 3 is 2.32 bits per heavy atom. The molecule has 1 saturated heterocycles. The van der Waals surface area contributed by atoms with Gasteiger partial charge < -0.3 is 5.73 Å². The Morgan fingerprint density at radius 2 is 1.73 bits per heavy atom. The number of nitrogens with zero attached hydrogens (tertiary/aromatic N) is 2. The lowest BCUT2D eigenvalue weighted by atomic mass is 9.80. The summed E-state index contributed by atoms with van der Waals surface area (Å²) < 4.78 is 0. The van der Waals surface area contributed by atoms with E-state index in [1.807, 2.05) is 12.1 Å². The molecule has 0 bridgehead atoms. The minimum absolute atomic E-state index is 0. The molecule has 1 aliphatic carbocycles. The zero-order valence-electron chi connectivity index (χ0n) is 12.8. The van der Waals surface area contributed by atoms with Crippen molar-refractivity contribution in [2.24, 2.45) is 5.73 Å². The first-order chi connectivity index (χ1) is 9.78. The minimum atomic E-state index is 0. The molecule has 0 radical (unpaired) electrons. The number of hydrogen-bond acceptors (Lipinski definition) is 3. The number of rotatable bonds is 2. The van der Waals surface area contributed by atoms with Crippen LogP contribution in [0.15, 0.2) is 24.3 Å². The van der Waals surface area contributed by atoms with E-state index in [-0.39, 0.29) is 24.8 Å². The Labute approximate surface area is 145 Å². The molecule has 0 unspecified atom stereocenters. The van der Waals surface area contributed by atoms with E-state index in [4.69, 9.17) is 5.73 Å². The first-order valence-corrected chi connectivity index (χ1v) is 7.76. The smallest absolute Gasteiger partial charge is 0.0994 e. The molecule has 1 heterocycles. The van der Waals surface area contributed by atoms with E-state index in [1.165, 1.54) is 37.8 Å². The maximum absolute atomic E-state index is 9.23. The fourth-order valence-corrected chi connectivity index (χ4v) is 3.85. The predicted octanol–water partition coefficient (Wildman–Crippen LogP) is 3.46. The maximum Gasteiger partial charge on any atom is 0.0994 e.